The molecule has 1 rings (SSSR count). The van der Waals surface area contributed by atoms with Crippen LogP contribution in [0.15, 0.2) is 24.3 Å². The van der Waals surface area contributed by atoms with Gasteiger partial charge in [0.15, 0.2) is 0 Å². The summed E-state index contributed by atoms with van der Waals surface area (Å²) in [5, 5.41) is 18.5. The van der Waals surface area contributed by atoms with Crippen molar-refractivity contribution in [2.75, 3.05) is 7.11 Å². The Morgan fingerprint density at radius 3 is 2.50 bits per heavy atom. The molecule has 2 N–H and O–H groups in total. The van der Waals surface area contributed by atoms with Crippen molar-refractivity contribution in [3.63, 3.8) is 0 Å². The van der Waals surface area contributed by atoms with Gasteiger partial charge in [-0.05, 0) is 17.7 Å². The molecule has 1 unspecified atom stereocenters. The maximum Gasteiger partial charge on any atom is 0.308 e. The van der Waals surface area contributed by atoms with Crippen LogP contribution in [0.25, 0.3) is 0 Å². The first-order valence-electron chi connectivity index (χ1n) is 4.17. The van der Waals surface area contributed by atoms with Gasteiger partial charge in [0.05, 0.1) is 19.6 Å². The van der Waals surface area contributed by atoms with Crippen molar-refractivity contribution in [3.05, 3.63) is 29.8 Å². The zero-order valence-electron chi connectivity index (χ0n) is 7.80. The average molecular weight is 196 g/mol. The summed E-state index contributed by atoms with van der Waals surface area (Å²) >= 11 is 0. The van der Waals surface area contributed by atoms with Crippen LogP contribution in [-0.4, -0.2) is 23.3 Å². The highest BCUT2D eigenvalue weighted by atomic mass is 16.5. The molecule has 14 heavy (non-hydrogen) atoms. The van der Waals surface area contributed by atoms with E-state index in [1.165, 1.54) is 19.2 Å². The molecule has 0 aliphatic heterocycles. The molecular formula is C10H12O4. The number of aliphatic hydroxyl groups excluding tert-OH is 1. The lowest BCUT2D eigenvalue weighted by atomic mass is 10.1. The number of phenols is 1. The lowest BCUT2D eigenvalue weighted by molar-refractivity contribution is -0.142. The van der Waals surface area contributed by atoms with Gasteiger partial charge in [-0.3, -0.25) is 4.79 Å². The number of hydrogen-bond donors (Lipinski definition) is 2. The minimum atomic E-state index is -0.886. The summed E-state index contributed by atoms with van der Waals surface area (Å²) in [5.41, 5.74) is 0.577. The molecule has 0 aliphatic rings. The highest BCUT2D eigenvalue weighted by Crippen LogP contribution is 2.19. The van der Waals surface area contributed by atoms with E-state index in [-0.39, 0.29) is 12.2 Å². The van der Waals surface area contributed by atoms with Gasteiger partial charge in [-0.15, -0.1) is 0 Å². The van der Waals surface area contributed by atoms with Gasteiger partial charge in [0.2, 0.25) is 0 Å². The van der Waals surface area contributed by atoms with Crippen LogP contribution in [0.1, 0.15) is 18.1 Å². The summed E-state index contributed by atoms with van der Waals surface area (Å²) in [6, 6.07) is 6.03. The normalized spacial score (nSPS) is 12.1. The second-order valence-corrected chi connectivity index (χ2v) is 2.89. The topological polar surface area (TPSA) is 66.8 Å². The Bertz CT molecular complexity index is 304. The Hall–Kier alpha value is -1.55. The zero-order chi connectivity index (χ0) is 10.6. The predicted molar refractivity (Wildman–Crippen MR) is 49.7 cm³/mol. The molecule has 1 atom stereocenters. The Morgan fingerprint density at radius 1 is 1.43 bits per heavy atom. The first-order chi connectivity index (χ1) is 6.63. The van der Waals surface area contributed by atoms with E-state index in [4.69, 9.17) is 5.11 Å². The number of carbonyl (C=O) groups excluding carboxylic acids is 1. The zero-order valence-corrected chi connectivity index (χ0v) is 7.80. The van der Waals surface area contributed by atoms with Crippen LogP contribution in [0.2, 0.25) is 0 Å². The van der Waals surface area contributed by atoms with E-state index < -0.39 is 12.1 Å². The fraction of sp³-hybridized carbons (Fsp3) is 0.300. The van der Waals surface area contributed by atoms with E-state index in [9.17, 15) is 9.90 Å². The molecule has 0 saturated heterocycles. The molecule has 0 aromatic heterocycles. The molecule has 0 bridgehead atoms. The molecule has 0 spiro atoms. The Morgan fingerprint density at radius 2 is 2.00 bits per heavy atom. The molecule has 4 nitrogen and oxygen atoms in total. The van der Waals surface area contributed by atoms with Crippen LogP contribution in [0.5, 0.6) is 5.75 Å². The summed E-state index contributed by atoms with van der Waals surface area (Å²) in [6.07, 6.45) is -0.968. The smallest absolute Gasteiger partial charge is 0.308 e. The van der Waals surface area contributed by atoms with Gasteiger partial charge in [0, 0.05) is 0 Å². The van der Waals surface area contributed by atoms with Crippen LogP contribution in [-0.2, 0) is 9.53 Å². The number of rotatable bonds is 3. The Balaban J connectivity index is 2.65. The van der Waals surface area contributed by atoms with E-state index in [0.29, 0.717) is 5.56 Å². The highest BCUT2D eigenvalue weighted by Gasteiger charge is 2.12. The van der Waals surface area contributed by atoms with Gasteiger partial charge < -0.3 is 14.9 Å². The van der Waals surface area contributed by atoms with Gasteiger partial charge in [0.1, 0.15) is 5.75 Å². The molecular weight excluding hydrogens is 184 g/mol. The predicted octanol–water partition coefficient (Wildman–Crippen LogP) is 0.989. The molecule has 0 aliphatic carbocycles. The SMILES string of the molecule is COC(=O)CC(O)c1ccc(O)cc1. The summed E-state index contributed by atoms with van der Waals surface area (Å²) in [4.78, 5) is 10.8. The van der Waals surface area contributed by atoms with Gasteiger partial charge in [0.25, 0.3) is 0 Å². The average Bonchev–Trinajstić information content (AvgIpc) is 2.18. The third-order valence-electron chi connectivity index (χ3n) is 1.87. The fourth-order valence-electron chi connectivity index (χ4n) is 1.06. The second kappa shape index (κ2) is 4.62. The molecule has 76 valence electrons. The maximum absolute atomic E-state index is 10.8. The van der Waals surface area contributed by atoms with E-state index in [1.54, 1.807) is 12.1 Å². The number of aromatic hydroxyl groups is 1. The third-order valence-corrected chi connectivity index (χ3v) is 1.87. The van der Waals surface area contributed by atoms with Crippen molar-refractivity contribution in [2.24, 2.45) is 0 Å². The number of benzene rings is 1. The first-order valence-corrected chi connectivity index (χ1v) is 4.17. The second-order valence-electron chi connectivity index (χ2n) is 2.89. The van der Waals surface area contributed by atoms with Crippen LogP contribution in [0.3, 0.4) is 0 Å². The molecule has 0 fully saturated rings. The molecule has 1 aromatic carbocycles. The van der Waals surface area contributed by atoms with Gasteiger partial charge in [-0.1, -0.05) is 12.1 Å². The van der Waals surface area contributed by atoms with Crippen molar-refractivity contribution in [1.29, 1.82) is 0 Å². The van der Waals surface area contributed by atoms with Crippen molar-refractivity contribution >= 4 is 5.97 Å². The number of aliphatic hydroxyl groups is 1. The molecule has 0 saturated carbocycles. The third kappa shape index (κ3) is 2.74. The number of esters is 1. The van der Waals surface area contributed by atoms with Crippen molar-refractivity contribution < 1.29 is 19.7 Å². The first kappa shape index (κ1) is 10.5. The van der Waals surface area contributed by atoms with Crippen molar-refractivity contribution in [2.45, 2.75) is 12.5 Å². The van der Waals surface area contributed by atoms with Gasteiger partial charge >= 0.3 is 5.97 Å². The molecule has 1 aromatic rings. The summed E-state index contributed by atoms with van der Waals surface area (Å²) < 4.78 is 4.42. The van der Waals surface area contributed by atoms with Crippen molar-refractivity contribution in [3.8, 4) is 5.75 Å². The van der Waals surface area contributed by atoms with Crippen LogP contribution < -0.4 is 0 Å². The van der Waals surface area contributed by atoms with Crippen LogP contribution in [0.4, 0.5) is 0 Å². The quantitative estimate of drug-likeness (QED) is 0.707. The summed E-state index contributed by atoms with van der Waals surface area (Å²) in [6.45, 7) is 0. The van der Waals surface area contributed by atoms with E-state index in [0.717, 1.165) is 0 Å². The molecule has 0 radical (unpaired) electrons. The molecule has 4 heteroatoms. The number of carbonyl (C=O) groups is 1. The van der Waals surface area contributed by atoms with E-state index in [1.807, 2.05) is 0 Å². The largest absolute Gasteiger partial charge is 0.508 e. The number of hydrogen-bond acceptors (Lipinski definition) is 4. The van der Waals surface area contributed by atoms with Gasteiger partial charge in [-0.25, -0.2) is 0 Å². The van der Waals surface area contributed by atoms with Crippen LogP contribution in [0, 0.1) is 0 Å². The lowest BCUT2D eigenvalue weighted by Gasteiger charge is -2.08. The van der Waals surface area contributed by atoms with Gasteiger partial charge in [-0.2, -0.15) is 0 Å². The fourth-order valence-corrected chi connectivity index (χ4v) is 1.06. The molecule has 0 heterocycles. The summed E-state index contributed by atoms with van der Waals surface area (Å²) in [7, 11) is 1.27. The number of phenolic OH excluding ortho intramolecular Hbond substituents is 1. The lowest BCUT2D eigenvalue weighted by Crippen LogP contribution is -2.07. The Kier molecular flexibility index (Phi) is 3.48. The summed E-state index contributed by atoms with van der Waals surface area (Å²) in [5.74, 6) is -0.343. The highest BCUT2D eigenvalue weighted by molar-refractivity contribution is 5.70. The standard InChI is InChI=1S/C10H12O4/c1-14-10(13)6-9(12)7-2-4-8(11)5-3-7/h2-5,9,11-12H,6H2,1H3. The van der Waals surface area contributed by atoms with Crippen molar-refractivity contribution in [1.82, 2.24) is 0 Å². The Labute approximate surface area is 81.8 Å². The van der Waals surface area contributed by atoms with Crippen LogP contribution >= 0.6 is 0 Å². The monoisotopic (exact) mass is 196 g/mol. The van der Waals surface area contributed by atoms with E-state index >= 15 is 0 Å². The van der Waals surface area contributed by atoms with E-state index in [2.05, 4.69) is 4.74 Å². The number of ether oxygens (including phenoxy) is 1. The molecule has 0 amide bonds. The minimum absolute atomic E-state index is 0.0821. The number of methoxy groups -OCH3 is 1. The minimum Gasteiger partial charge on any atom is -0.508 e. The maximum atomic E-state index is 10.8.